The van der Waals surface area contributed by atoms with Gasteiger partial charge in [-0.25, -0.2) is 14.6 Å². The van der Waals surface area contributed by atoms with E-state index in [0.717, 1.165) is 16.7 Å². The van der Waals surface area contributed by atoms with E-state index in [-0.39, 0.29) is 11.9 Å². The summed E-state index contributed by atoms with van der Waals surface area (Å²) in [5.74, 6) is 0.594. The molecule has 1 atom stereocenters. The summed E-state index contributed by atoms with van der Waals surface area (Å²) in [4.78, 5) is 23.1. The summed E-state index contributed by atoms with van der Waals surface area (Å²) in [7, 11) is 3.80. The fourth-order valence-corrected chi connectivity index (χ4v) is 2.90. The monoisotopic (exact) mass is 350 g/mol. The third kappa shape index (κ3) is 3.94. The van der Waals surface area contributed by atoms with Crippen LogP contribution in [0, 0.1) is 6.92 Å². The minimum absolute atomic E-state index is 0.0611. The Morgan fingerprint density at radius 3 is 2.81 bits per heavy atom. The molecule has 134 valence electrons. The molecule has 0 saturated heterocycles. The molecule has 3 rings (SSSR count). The summed E-state index contributed by atoms with van der Waals surface area (Å²) >= 11 is 0. The van der Waals surface area contributed by atoms with Crippen LogP contribution in [0.2, 0.25) is 0 Å². The average molecular weight is 350 g/mol. The van der Waals surface area contributed by atoms with Gasteiger partial charge in [-0.2, -0.15) is 5.10 Å². The second-order valence-corrected chi connectivity index (χ2v) is 6.32. The van der Waals surface area contributed by atoms with Crippen molar-refractivity contribution in [1.82, 2.24) is 30.0 Å². The zero-order chi connectivity index (χ0) is 18.5. The van der Waals surface area contributed by atoms with Crippen LogP contribution in [-0.2, 0) is 11.3 Å². The Kier molecular flexibility index (Phi) is 5.38. The van der Waals surface area contributed by atoms with Gasteiger partial charge in [0.15, 0.2) is 5.82 Å². The number of carbonyl (C=O) groups excluding carboxylic acids is 1. The van der Waals surface area contributed by atoms with Crippen molar-refractivity contribution in [3.8, 4) is 5.82 Å². The van der Waals surface area contributed by atoms with E-state index in [1.54, 1.807) is 17.2 Å². The SMILES string of the molecule is Cc1cccc([C@@H](C(=O)NCc2cccnc2-n2cncn2)N(C)C)c1. The zero-order valence-corrected chi connectivity index (χ0v) is 15.1. The molecule has 0 spiro atoms. The van der Waals surface area contributed by atoms with Crippen LogP contribution in [0.4, 0.5) is 0 Å². The molecule has 7 heteroatoms. The molecule has 0 aliphatic rings. The Labute approximate surface area is 152 Å². The molecule has 0 unspecified atom stereocenters. The van der Waals surface area contributed by atoms with Crippen LogP contribution in [0.25, 0.3) is 5.82 Å². The molecule has 1 amide bonds. The molecule has 26 heavy (non-hydrogen) atoms. The number of amides is 1. The fourth-order valence-electron chi connectivity index (χ4n) is 2.90. The minimum Gasteiger partial charge on any atom is -0.350 e. The van der Waals surface area contributed by atoms with Crippen molar-refractivity contribution < 1.29 is 4.79 Å². The lowest BCUT2D eigenvalue weighted by molar-refractivity contribution is -0.125. The van der Waals surface area contributed by atoms with Gasteiger partial charge in [0, 0.05) is 18.3 Å². The first-order valence-electron chi connectivity index (χ1n) is 8.36. The molecular weight excluding hydrogens is 328 g/mol. The van der Waals surface area contributed by atoms with Gasteiger partial charge in [-0.15, -0.1) is 0 Å². The number of aromatic nitrogens is 4. The number of likely N-dealkylation sites (N-methyl/N-ethyl adjacent to an activating group) is 1. The van der Waals surface area contributed by atoms with Gasteiger partial charge in [-0.05, 0) is 32.6 Å². The highest BCUT2D eigenvalue weighted by Crippen LogP contribution is 2.20. The van der Waals surface area contributed by atoms with Crippen molar-refractivity contribution in [2.75, 3.05) is 14.1 Å². The lowest BCUT2D eigenvalue weighted by Gasteiger charge is -2.24. The molecule has 3 aromatic rings. The maximum atomic E-state index is 12.9. The van der Waals surface area contributed by atoms with Crippen molar-refractivity contribution >= 4 is 5.91 Å². The molecular formula is C19H22N6O. The lowest BCUT2D eigenvalue weighted by atomic mass is 10.0. The number of rotatable bonds is 6. The first-order chi connectivity index (χ1) is 12.6. The molecule has 0 saturated carbocycles. The van der Waals surface area contributed by atoms with Crippen molar-refractivity contribution in [3.05, 3.63) is 71.9 Å². The molecule has 2 aromatic heterocycles. The number of pyridine rings is 1. The molecule has 0 fully saturated rings. The summed E-state index contributed by atoms with van der Waals surface area (Å²) in [5.41, 5.74) is 2.96. The van der Waals surface area contributed by atoms with Crippen LogP contribution >= 0.6 is 0 Å². The molecule has 2 heterocycles. The number of nitrogens with zero attached hydrogens (tertiary/aromatic N) is 5. The van der Waals surface area contributed by atoms with Gasteiger partial charge in [0.1, 0.15) is 18.7 Å². The van der Waals surface area contributed by atoms with Gasteiger partial charge in [0.2, 0.25) is 5.91 Å². The summed E-state index contributed by atoms with van der Waals surface area (Å²) in [6, 6.07) is 11.4. The van der Waals surface area contributed by atoms with E-state index in [1.165, 1.54) is 6.33 Å². The highest BCUT2D eigenvalue weighted by molar-refractivity contribution is 5.83. The fraction of sp³-hybridized carbons (Fsp3) is 0.263. The smallest absolute Gasteiger partial charge is 0.242 e. The summed E-state index contributed by atoms with van der Waals surface area (Å²) in [6.07, 6.45) is 4.73. The number of benzene rings is 1. The largest absolute Gasteiger partial charge is 0.350 e. The number of carbonyl (C=O) groups is 1. The molecule has 0 aliphatic heterocycles. The molecule has 0 bridgehead atoms. The van der Waals surface area contributed by atoms with E-state index in [0.29, 0.717) is 12.4 Å². The van der Waals surface area contributed by atoms with E-state index in [4.69, 9.17) is 0 Å². The quantitative estimate of drug-likeness (QED) is 0.735. The lowest BCUT2D eigenvalue weighted by Crippen LogP contribution is -2.37. The highest BCUT2D eigenvalue weighted by Gasteiger charge is 2.23. The van der Waals surface area contributed by atoms with Crippen molar-refractivity contribution in [3.63, 3.8) is 0 Å². The highest BCUT2D eigenvalue weighted by atomic mass is 16.2. The van der Waals surface area contributed by atoms with Gasteiger partial charge >= 0.3 is 0 Å². The van der Waals surface area contributed by atoms with Gasteiger partial charge in [0.25, 0.3) is 0 Å². The third-order valence-corrected chi connectivity index (χ3v) is 4.08. The zero-order valence-electron chi connectivity index (χ0n) is 15.1. The van der Waals surface area contributed by atoms with Crippen LogP contribution in [0.3, 0.4) is 0 Å². The number of hydrogen-bond donors (Lipinski definition) is 1. The normalized spacial score (nSPS) is 12.2. The van der Waals surface area contributed by atoms with Crippen LogP contribution < -0.4 is 5.32 Å². The second kappa shape index (κ2) is 7.88. The Hall–Kier alpha value is -3.06. The molecule has 0 radical (unpaired) electrons. The summed E-state index contributed by atoms with van der Waals surface area (Å²) in [6.45, 7) is 2.38. The van der Waals surface area contributed by atoms with Crippen LogP contribution in [0.5, 0.6) is 0 Å². The average Bonchev–Trinajstić information content (AvgIpc) is 3.14. The number of aryl methyl sites for hydroxylation is 1. The van der Waals surface area contributed by atoms with E-state index in [1.807, 2.05) is 62.3 Å². The Morgan fingerprint density at radius 2 is 2.12 bits per heavy atom. The van der Waals surface area contributed by atoms with Gasteiger partial charge in [0.05, 0.1) is 0 Å². The van der Waals surface area contributed by atoms with Crippen molar-refractivity contribution in [2.45, 2.75) is 19.5 Å². The number of hydrogen-bond acceptors (Lipinski definition) is 5. The van der Waals surface area contributed by atoms with Gasteiger partial charge < -0.3 is 5.32 Å². The maximum Gasteiger partial charge on any atom is 0.242 e. The van der Waals surface area contributed by atoms with E-state index >= 15 is 0 Å². The van der Waals surface area contributed by atoms with Crippen molar-refractivity contribution in [2.24, 2.45) is 0 Å². The van der Waals surface area contributed by atoms with Crippen LogP contribution in [-0.4, -0.2) is 44.7 Å². The van der Waals surface area contributed by atoms with E-state index in [9.17, 15) is 4.79 Å². The Bertz CT molecular complexity index is 875. The summed E-state index contributed by atoms with van der Waals surface area (Å²) < 4.78 is 1.59. The van der Waals surface area contributed by atoms with Gasteiger partial charge in [-0.3, -0.25) is 9.69 Å². The maximum absolute atomic E-state index is 12.9. The molecule has 1 N–H and O–H groups in total. The molecule has 7 nitrogen and oxygen atoms in total. The molecule has 0 aliphatic carbocycles. The first-order valence-corrected chi connectivity index (χ1v) is 8.36. The van der Waals surface area contributed by atoms with Crippen LogP contribution in [0.15, 0.2) is 55.2 Å². The topological polar surface area (TPSA) is 75.9 Å². The summed E-state index contributed by atoms with van der Waals surface area (Å²) in [5, 5.41) is 7.14. The predicted molar refractivity (Wildman–Crippen MR) is 98.6 cm³/mol. The Morgan fingerprint density at radius 1 is 1.27 bits per heavy atom. The third-order valence-electron chi connectivity index (χ3n) is 4.08. The number of nitrogens with one attached hydrogen (secondary N) is 1. The van der Waals surface area contributed by atoms with Crippen LogP contribution in [0.1, 0.15) is 22.7 Å². The van der Waals surface area contributed by atoms with Crippen molar-refractivity contribution in [1.29, 1.82) is 0 Å². The molecule has 1 aromatic carbocycles. The Balaban J connectivity index is 1.78. The standard InChI is InChI=1S/C19H22N6O/c1-14-6-4-7-15(10-14)17(24(2)3)19(26)22-11-16-8-5-9-21-18(16)25-13-20-12-23-25/h4-10,12-13,17H,11H2,1-3H3,(H,22,26)/t17-/m0/s1. The van der Waals surface area contributed by atoms with Gasteiger partial charge in [-0.1, -0.05) is 35.9 Å². The second-order valence-electron chi connectivity index (χ2n) is 6.32. The van der Waals surface area contributed by atoms with E-state index < -0.39 is 0 Å². The van der Waals surface area contributed by atoms with E-state index in [2.05, 4.69) is 20.4 Å². The first kappa shape index (κ1) is 17.8. The predicted octanol–water partition coefficient (Wildman–Crippen LogP) is 1.89. The minimum atomic E-state index is -0.360.